The van der Waals surface area contributed by atoms with Crippen molar-refractivity contribution in [3.8, 4) is 0 Å². The number of hydrogen-bond acceptors (Lipinski definition) is 1. The second-order valence-electron chi connectivity index (χ2n) is 5.28. The van der Waals surface area contributed by atoms with Gasteiger partial charge in [0, 0.05) is 5.02 Å². The summed E-state index contributed by atoms with van der Waals surface area (Å²) in [6, 6.07) is 15.2. The highest BCUT2D eigenvalue weighted by Crippen LogP contribution is 2.26. The normalized spacial score (nSPS) is 12.4. The van der Waals surface area contributed by atoms with E-state index in [0.29, 0.717) is 0 Å². The SMILES string of the molecule is CCCc1cccc(C(NC)c2cc(C)cc(Cl)c2)c1. The van der Waals surface area contributed by atoms with Crippen molar-refractivity contribution >= 4 is 11.6 Å². The van der Waals surface area contributed by atoms with Gasteiger partial charge in [0.25, 0.3) is 0 Å². The van der Waals surface area contributed by atoms with E-state index < -0.39 is 0 Å². The smallest absolute Gasteiger partial charge is 0.0575 e. The Hall–Kier alpha value is -1.31. The predicted octanol–water partition coefficient (Wildman–Crippen LogP) is 4.91. The minimum Gasteiger partial charge on any atom is -0.309 e. The average Bonchev–Trinajstić information content (AvgIpc) is 2.39. The van der Waals surface area contributed by atoms with E-state index in [1.54, 1.807) is 0 Å². The third-order valence-electron chi connectivity index (χ3n) is 3.51. The molecule has 20 heavy (non-hydrogen) atoms. The van der Waals surface area contributed by atoms with E-state index in [0.717, 1.165) is 11.4 Å². The number of halogens is 1. The van der Waals surface area contributed by atoms with E-state index in [1.165, 1.54) is 28.7 Å². The summed E-state index contributed by atoms with van der Waals surface area (Å²) >= 11 is 6.19. The molecule has 0 aromatic heterocycles. The van der Waals surface area contributed by atoms with E-state index in [1.807, 2.05) is 19.2 Å². The van der Waals surface area contributed by atoms with Crippen LogP contribution in [0.25, 0.3) is 0 Å². The van der Waals surface area contributed by atoms with Gasteiger partial charge in [0.2, 0.25) is 0 Å². The third-order valence-corrected chi connectivity index (χ3v) is 3.73. The van der Waals surface area contributed by atoms with E-state index in [4.69, 9.17) is 11.6 Å². The van der Waals surface area contributed by atoms with Crippen molar-refractivity contribution < 1.29 is 0 Å². The number of rotatable bonds is 5. The first-order chi connectivity index (χ1) is 9.63. The number of hydrogen-bond donors (Lipinski definition) is 1. The zero-order valence-corrected chi connectivity index (χ0v) is 13.2. The van der Waals surface area contributed by atoms with Gasteiger partial charge in [-0.25, -0.2) is 0 Å². The predicted molar refractivity (Wildman–Crippen MR) is 87.5 cm³/mol. The Morgan fingerprint density at radius 2 is 1.90 bits per heavy atom. The molecule has 1 unspecified atom stereocenters. The third kappa shape index (κ3) is 3.62. The maximum absolute atomic E-state index is 6.19. The molecule has 0 aliphatic heterocycles. The monoisotopic (exact) mass is 287 g/mol. The molecule has 2 aromatic carbocycles. The van der Waals surface area contributed by atoms with Crippen molar-refractivity contribution in [1.82, 2.24) is 5.32 Å². The summed E-state index contributed by atoms with van der Waals surface area (Å²) in [5.74, 6) is 0. The first-order valence-corrected chi connectivity index (χ1v) is 7.55. The largest absolute Gasteiger partial charge is 0.309 e. The Bertz CT molecular complexity index is 557. The molecule has 1 atom stereocenters. The molecule has 0 heterocycles. The molecule has 0 spiro atoms. The molecule has 0 amide bonds. The summed E-state index contributed by atoms with van der Waals surface area (Å²) in [7, 11) is 1.99. The van der Waals surface area contributed by atoms with Crippen LogP contribution < -0.4 is 5.32 Å². The maximum atomic E-state index is 6.19. The first-order valence-electron chi connectivity index (χ1n) is 7.17. The lowest BCUT2D eigenvalue weighted by molar-refractivity contribution is 0.689. The highest BCUT2D eigenvalue weighted by molar-refractivity contribution is 6.30. The fourth-order valence-corrected chi connectivity index (χ4v) is 2.97. The molecule has 1 nitrogen and oxygen atoms in total. The van der Waals surface area contributed by atoms with Gasteiger partial charge in [0.1, 0.15) is 0 Å². The molecule has 0 aliphatic carbocycles. The molecule has 0 bridgehead atoms. The Balaban J connectivity index is 2.38. The van der Waals surface area contributed by atoms with Gasteiger partial charge in [0.05, 0.1) is 6.04 Å². The van der Waals surface area contributed by atoms with Gasteiger partial charge in [-0.05, 0) is 54.8 Å². The van der Waals surface area contributed by atoms with Gasteiger partial charge < -0.3 is 5.32 Å². The summed E-state index contributed by atoms with van der Waals surface area (Å²) in [5.41, 5.74) is 5.09. The summed E-state index contributed by atoms with van der Waals surface area (Å²) in [6.07, 6.45) is 2.29. The van der Waals surface area contributed by atoms with E-state index in [9.17, 15) is 0 Å². The van der Waals surface area contributed by atoms with Gasteiger partial charge in [-0.1, -0.05) is 55.3 Å². The van der Waals surface area contributed by atoms with Crippen LogP contribution >= 0.6 is 11.6 Å². The molecule has 0 saturated carbocycles. The lowest BCUT2D eigenvalue weighted by atomic mass is 9.95. The lowest BCUT2D eigenvalue weighted by Crippen LogP contribution is -2.18. The highest BCUT2D eigenvalue weighted by Gasteiger charge is 2.13. The van der Waals surface area contributed by atoms with E-state index in [-0.39, 0.29) is 6.04 Å². The lowest BCUT2D eigenvalue weighted by Gasteiger charge is -2.19. The second kappa shape index (κ2) is 6.92. The van der Waals surface area contributed by atoms with Crippen LogP contribution in [0.3, 0.4) is 0 Å². The molecule has 0 fully saturated rings. The first kappa shape index (κ1) is 15.1. The van der Waals surface area contributed by atoms with Crippen molar-refractivity contribution in [2.45, 2.75) is 32.7 Å². The zero-order valence-electron chi connectivity index (χ0n) is 12.4. The Morgan fingerprint density at radius 3 is 2.55 bits per heavy atom. The van der Waals surface area contributed by atoms with Gasteiger partial charge in [-0.3, -0.25) is 0 Å². The van der Waals surface area contributed by atoms with Crippen molar-refractivity contribution in [2.24, 2.45) is 0 Å². The number of benzene rings is 2. The van der Waals surface area contributed by atoms with Crippen LogP contribution in [0.15, 0.2) is 42.5 Å². The molecule has 0 radical (unpaired) electrons. The van der Waals surface area contributed by atoms with Gasteiger partial charge >= 0.3 is 0 Å². The molecule has 0 saturated heterocycles. The van der Waals surface area contributed by atoms with Crippen LogP contribution in [0.5, 0.6) is 0 Å². The average molecular weight is 288 g/mol. The zero-order chi connectivity index (χ0) is 14.5. The topological polar surface area (TPSA) is 12.0 Å². The molecule has 2 rings (SSSR count). The van der Waals surface area contributed by atoms with Gasteiger partial charge in [-0.2, -0.15) is 0 Å². The summed E-state index contributed by atoms with van der Waals surface area (Å²) in [6.45, 7) is 4.29. The van der Waals surface area contributed by atoms with Crippen molar-refractivity contribution in [3.63, 3.8) is 0 Å². The molecular weight excluding hydrogens is 266 g/mol. The number of aryl methyl sites for hydroxylation is 2. The summed E-state index contributed by atoms with van der Waals surface area (Å²) in [5, 5.41) is 4.20. The molecule has 1 N–H and O–H groups in total. The van der Waals surface area contributed by atoms with Crippen molar-refractivity contribution in [3.05, 3.63) is 69.7 Å². The Labute approximate surface area is 127 Å². The number of nitrogens with one attached hydrogen (secondary N) is 1. The van der Waals surface area contributed by atoms with Crippen LogP contribution in [0.2, 0.25) is 5.02 Å². The summed E-state index contributed by atoms with van der Waals surface area (Å²) in [4.78, 5) is 0. The van der Waals surface area contributed by atoms with Gasteiger partial charge in [0.15, 0.2) is 0 Å². The quantitative estimate of drug-likeness (QED) is 0.824. The van der Waals surface area contributed by atoms with Crippen LogP contribution in [-0.4, -0.2) is 7.05 Å². The molecule has 0 aliphatic rings. The fourth-order valence-electron chi connectivity index (χ4n) is 2.67. The van der Waals surface area contributed by atoms with Crippen LogP contribution in [-0.2, 0) is 6.42 Å². The molecule has 2 aromatic rings. The van der Waals surface area contributed by atoms with E-state index >= 15 is 0 Å². The highest BCUT2D eigenvalue weighted by atomic mass is 35.5. The minimum atomic E-state index is 0.184. The van der Waals surface area contributed by atoms with Crippen LogP contribution in [0, 0.1) is 6.92 Å². The van der Waals surface area contributed by atoms with Crippen molar-refractivity contribution in [2.75, 3.05) is 7.05 Å². The molecule has 2 heteroatoms. The molecule has 106 valence electrons. The second-order valence-corrected chi connectivity index (χ2v) is 5.72. The van der Waals surface area contributed by atoms with E-state index in [2.05, 4.69) is 49.5 Å². The maximum Gasteiger partial charge on any atom is 0.0575 e. The van der Waals surface area contributed by atoms with Crippen LogP contribution in [0.4, 0.5) is 0 Å². The summed E-state index contributed by atoms with van der Waals surface area (Å²) < 4.78 is 0. The standard InChI is InChI=1S/C18H22ClN/c1-4-6-14-7-5-8-15(11-14)18(20-3)16-9-13(2)10-17(19)12-16/h5,7-12,18,20H,4,6H2,1-3H3. The molecular formula is C18H22ClN. The van der Waals surface area contributed by atoms with Gasteiger partial charge in [-0.15, -0.1) is 0 Å². The Morgan fingerprint density at radius 1 is 1.10 bits per heavy atom. The van der Waals surface area contributed by atoms with Crippen LogP contribution in [0.1, 0.15) is 41.6 Å². The van der Waals surface area contributed by atoms with Crippen molar-refractivity contribution in [1.29, 1.82) is 0 Å². The minimum absolute atomic E-state index is 0.184. The fraction of sp³-hybridized carbons (Fsp3) is 0.333. The Kier molecular flexibility index (Phi) is 5.22.